The Morgan fingerprint density at radius 2 is 1.68 bits per heavy atom. The molecule has 1 fully saturated rings. The van der Waals surface area contributed by atoms with Crippen molar-refractivity contribution in [1.29, 1.82) is 0 Å². The normalized spacial score (nSPS) is 15.8. The standard InChI is InChI=1S/C28H29N3O3/c1-3-33-26-15-9-7-13-24(26)31-19-21(18-27(31)32)28-29-22-11-5-6-12-23(22)30(28)16-17-34-25-14-8-4-10-20(25)2/h4-15,21H,3,16-19H2,1-2H3/t21-/m0/s1. The van der Waals surface area contributed by atoms with Crippen molar-refractivity contribution in [2.45, 2.75) is 32.7 Å². The first-order valence-corrected chi connectivity index (χ1v) is 11.8. The van der Waals surface area contributed by atoms with Gasteiger partial charge in [-0.25, -0.2) is 4.98 Å². The molecule has 0 aliphatic carbocycles. The minimum Gasteiger partial charge on any atom is -0.492 e. The number of rotatable bonds is 8. The molecule has 1 amide bonds. The zero-order valence-corrected chi connectivity index (χ0v) is 19.6. The summed E-state index contributed by atoms with van der Waals surface area (Å²) in [6.07, 6.45) is 0.419. The average molecular weight is 456 g/mol. The van der Waals surface area contributed by atoms with Crippen LogP contribution in [0.25, 0.3) is 11.0 Å². The number of amides is 1. The highest BCUT2D eigenvalue weighted by atomic mass is 16.5. The molecule has 0 spiro atoms. The Balaban J connectivity index is 1.41. The molecule has 1 aromatic heterocycles. The van der Waals surface area contributed by atoms with Crippen LogP contribution in [0.15, 0.2) is 72.8 Å². The summed E-state index contributed by atoms with van der Waals surface area (Å²) in [7, 11) is 0. The molecule has 174 valence electrons. The number of para-hydroxylation sites is 5. The van der Waals surface area contributed by atoms with Gasteiger partial charge in [0.15, 0.2) is 0 Å². The van der Waals surface area contributed by atoms with Crippen LogP contribution in [0.4, 0.5) is 5.69 Å². The Kier molecular flexibility index (Phi) is 6.21. The second-order valence-corrected chi connectivity index (χ2v) is 8.53. The smallest absolute Gasteiger partial charge is 0.227 e. The lowest BCUT2D eigenvalue weighted by atomic mass is 10.1. The van der Waals surface area contributed by atoms with E-state index in [-0.39, 0.29) is 11.8 Å². The summed E-state index contributed by atoms with van der Waals surface area (Å²) in [5.41, 5.74) is 3.94. The summed E-state index contributed by atoms with van der Waals surface area (Å²) in [5, 5.41) is 0. The van der Waals surface area contributed by atoms with E-state index >= 15 is 0 Å². The maximum absolute atomic E-state index is 13.1. The van der Waals surface area contributed by atoms with Gasteiger partial charge in [-0.15, -0.1) is 0 Å². The molecule has 0 unspecified atom stereocenters. The van der Waals surface area contributed by atoms with Crippen molar-refractivity contribution in [1.82, 2.24) is 9.55 Å². The van der Waals surface area contributed by atoms with Gasteiger partial charge < -0.3 is 18.9 Å². The number of fused-ring (bicyclic) bond motifs is 1. The van der Waals surface area contributed by atoms with Crippen LogP contribution in [-0.4, -0.2) is 35.2 Å². The molecule has 0 saturated carbocycles. The van der Waals surface area contributed by atoms with E-state index in [0.717, 1.165) is 39.6 Å². The van der Waals surface area contributed by atoms with Crippen molar-refractivity contribution in [2.75, 3.05) is 24.7 Å². The molecule has 5 rings (SSSR count). The number of carbonyl (C=O) groups excluding carboxylic acids is 1. The largest absolute Gasteiger partial charge is 0.492 e. The number of nitrogens with zero attached hydrogens (tertiary/aromatic N) is 3. The summed E-state index contributed by atoms with van der Waals surface area (Å²) in [6, 6.07) is 23.9. The monoisotopic (exact) mass is 455 g/mol. The number of anilines is 1. The van der Waals surface area contributed by atoms with Gasteiger partial charge in [0.2, 0.25) is 5.91 Å². The third-order valence-corrected chi connectivity index (χ3v) is 6.30. The van der Waals surface area contributed by atoms with Crippen LogP contribution in [-0.2, 0) is 11.3 Å². The Hall–Kier alpha value is -3.80. The van der Waals surface area contributed by atoms with Gasteiger partial charge in [0, 0.05) is 18.9 Å². The Labute approximate surface area is 199 Å². The van der Waals surface area contributed by atoms with Crippen molar-refractivity contribution >= 4 is 22.6 Å². The van der Waals surface area contributed by atoms with Crippen LogP contribution >= 0.6 is 0 Å². The fourth-order valence-corrected chi connectivity index (χ4v) is 4.68. The summed E-state index contributed by atoms with van der Waals surface area (Å²) in [5.74, 6) is 2.64. The van der Waals surface area contributed by atoms with Crippen LogP contribution < -0.4 is 14.4 Å². The Bertz CT molecular complexity index is 1310. The van der Waals surface area contributed by atoms with Gasteiger partial charge in [-0.2, -0.15) is 0 Å². The van der Waals surface area contributed by atoms with Crippen molar-refractivity contribution < 1.29 is 14.3 Å². The number of ether oxygens (including phenoxy) is 2. The lowest BCUT2D eigenvalue weighted by molar-refractivity contribution is -0.117. The molecule has 34 heavy (non-hydrogen) atoms. The lowest BCUT2D eigenvalue weighted by Crippen LogP contribution is -2.25. The van der Waals surface area contributed by atoms with E-state index in [4.69, 9.17) is 14.5 Å². The van der Waals surface area contributed by atoms with E-state index in [1.54, 1.807) is 0 Å². The highest BCUT2D eigenvalue weighted by Gasteiger charge is 2.36. The highest BCUT2D eigenvalue weighted by molar-refractivity contribution is 5.97. The first-order valence-electron chi connectivity index (χ1n) is 11.8. The molecule has 1 saturated heterocycles. The van der Waals surface area contributed by atoms with E-state index in [9.17, 15) is 4.79 Å². The van der Waals surface area contributed by atoms with Crippen LogP contribution in [0.1, 0.15) is 30.7 Å². The molecule has 0 radical (unpaired) electrons. The molecule has 2 heterocycles. The van der Waals surface area contributed by atoms with Crippen molar-refractivity contribution in [3.05, 3.63) is 84.2 Å². The van der Waals surface area contributed by atoms with Crippen molar-refractivity contribution in [2.24, 2.45) is 0 Å². The lowest BCUT2D eigenvalue weighted by Gasteiger charge is -2.20. The zero-order chi connectivity index (χ0) is 23.5. The molecule has 0 N–H and O–H groups in total. The first-order chi connectivity index (χ1) is 16.7. The number of hydrogen-bond acceptors (Lipinski definition) is 4. The summed E-state index contributed by atoms with van der Waals surface area (Å²) >= 11 is 0. The van der Waals surface area contributed by atoms with Gasteiger partial charge in [-0.05, 0) is 49.7 Å². The van der Waals surface area contributed by atoms with Crippen molar-refractivity contribution in [3.63, 3.8) is 0 Å². The third kappa shape index (κ3) is 4.23. The van der Waals surface area contributed by atoms with Gasteiger partial charge >= 0.3 is 0 Å². The molecular weight excluding hydrogens is 426 g/mol. The summed E-state index contributed by atoms with van der Waals surface area (Å²) < 4.78 is 14.1. The van der Waals surface area contributed by atoms with E-state index in [1.807, 2.05) is 85.5 Å². The Morgan fingerprint density at radius 3 is 2.50 bits per heavy atom. The number of imidazole rings is 1. The maximum atomic E-state index is 13.1. The second kappa shape index (κ2) is 9.59. The highest BCUT2D eigenvalue weighted by Crippen LogP contribution is 2.37. The predicted molar refractivity (Wildman–Crippen MR) is 134 cm³/mol. The predicted octanol–water partition coefficient (Wildman–Crippen LogP) is 5.34. The van der Waals surface area contributed by atoms with Crippen LogP contribution in [0, 0.1) is 6.92 Å². The molecule has 1 aliphatic rings. The fraction of sp³-hybridized carbons (Fsp3) is 0.286. The number of aromatic nitrogens is 2. The topological polar surface area (TPSA) is 56.6 Å². The second-order valence-electron chi connectivity index (χ2n) is 8.53. The van der Waals surface area contributed by atoms with Crippen molar-refractivity contribution in [3.8, 4) is 11.5 Å². The number of carbonyl (C=O) groups is 1. The minimum absolute atomic E-state index is 0.00644. The fourth-order valence-electron chi connectivity index (χ4n) is 4.68. The third-order valence-electron chi connectivity index (χ3n) is 6.30. The molecule has 4 aromatic rings. The van der Waals surface area contributed by atoms with Gasteiger partial charge in [0.1, 0.15) is 23.9 Å². The van der Waals surface area contributed by atoms with E-state index in [1.165, 1.54) is 0 Å². The van der Waals surface area contributed by atoms with E-state index < -0.39 is 0 Å². The zero-order valence-electron chi connectivity index (χ0n) is 19.6. The van der Waals surface area contributed by atoms with Crippen LogP contribution in [0.2, 0.25) is 0 Å². The van der Waals surface area contributed by atoms with E-state index in [2.05, 4.69) is 10.6 Å². The van der Waals surface area contributed by atoms with Gasteiger partial charge in [0.25, 0.3) is 0 Å². The Morgan fingerprint density at radius 1 is 0.941 bits per heavy atom. The maximum Gasteiger partial charge on any atom is 0.227 e. The SMILES string of the molecule is CCOc1ccccc1N1C[C@@H](c2nc3ccccc3n2CCOc2ccccc2C)CC1=O. The number of hydrogen-bond donors (Lipinski definition) is 0. The molecule has 6 heteroatoms. The molecule has 1 aliphatic heterocycles. The average Bonchev–Trinajstić information content (AvgIpc) is 3.41. The first kappa shape index (κ1) is 22.0. The van der Waals surface area contributed by atoms with E-state index in [0.29, 0.717) is 32.7 Å². The number of aryl methyl sites for hydroxylation is 1. The van der Waals surface area contributed by atoms with Gasteiger partial charge in [0.05, 0.1) is 29.9 Å². The summed E-state index contributed by atoms with van der Waals surface area (Å²) in [6.45, 7) is 6.31. The summed E-state index contributed by atoms with van der Waals surface area (Å²) in [4.78, 5) is 19.9. The minimum atomic E-state index is -0.00644. The van der Waals surface area contributed by atoms with Crippen LogP contribution in [0.5, 0.6) is 11.5 Å². The van der Waals surface area contributed by atoms with Gasteiger partial charge in [-0.1, -0.05) is 42.5 Å². The van der Waals surface area contributed by atoms with Crippen LogP contribution in [0.3, 0.4) is 0 Å². The molecule has 3 aromatic carbocycles. The quantitative estimate of drug-likeness (QED) is 0.360. The van der Waals surface area contributed by atoms with Gasteiger partial charge in [-0.3, -0.25) is 4.79 Å². The molecule has 0 bridgehead atoms. The molecular formula is C28H29N3O3. The number of benzene rings is 3. The molecule has 1 atom stereocenters. The molecule has 6 nitrogen and oxygen atoms in total.